The smallest absolute Gasteiger partial charge is 0.248 e. The maximum atomic E-state index is 11.1. The Morgan fingerprint density at radius 3 is 2.26 bits per heavy atom. The van der Waals surface area contributed by atoms with Crippen LogP contribution in [-0.4, -0.2) is 29.3 Å². The molecular formula is C21H18N2O4. The molecule has 2 N–H and O–H groups in total. The molecule has 6 heteroatoms. The quantitative estimate of drug-likeness (QED) is 0.549. The van der Waals surface area contributed by atoms with E-state index in [1.807, 2.05) is 48.5 Å². The van der Waals surface area contributed by atoms with Gasteiger partial charge in [-0.05, 0) is 41.8 Å². The lowest BCUT2D eigenvalue weighted by Gasteiger charge is -2.05. The van der Waals surface area contributed by atoms with Gasteiger partial charge in [0.05, 0.1) is 6.61 Å². The Morgan fingerprint density at radius 2 is 1.52 bits per heavy atom. The molecule has 1 fully saturated rings. The fraction of sp³-hybridized carbons (Fsp3) is 0.143. The van der Waals surface area contributed by atoms with Crippen molar-refractivity contribution in [2.24, 2.45) is 0 Å². The van der Waals surface area contributed by atoms with E-state index in [1.54, 1.807) is 6.07 Å². The zero-order valence-corrected chi connectivity index (χ0v) is 14.5. The molecule has 6 nitrogen and oxygen atoms in total. The van der Waals surface area contributed by atoms with Crippen LogP contribution < -0.4 is 15.9 Å². The van der Waals surface area contributed by atoms with E-state index in [0.717, 1.165) is 34.2 Å². The Labute approximate surface area is 154 Å². The van der Waals surface area contributed by atoms with Crippen molar-refractivity contribution in [2.75, 3.05) is 13.2 Å². The van der Waals surface area contributed by atoms with Crippen LogP contribution in [0.25, 0.3) is 21.8 Å². The van der Waals surface area contributed by atoms with Gasteiger partial charge in [0.25, 0.3) is 0 Å². The minimum absolute atomic E-state index is 0.0521. The number of epoxide rings is 1. The zero-order valence-electron chi connectivity index (χ0n) is 14.5. The highest BCUT2D eigenvalue weighted by Gasteiger charge is 2.22. The number of aromatic amines is 2. The number of para-hydroxylation sites is 1. The lowest BCUT2D eigenvalue weighted by molar-refractivity contribution is 0.263. The number of H-pyrrole nitrogens is 2. The summed E-state index contributed by atoms with van der Waals surface area (Å²) in [4.78, 5) is 27.4. The molecule has 2 aromatic heterocycles. The van der Waals surface area contributed by atoms with Gasteiger partial charge in [-0.2, -0.15) is 0 Å². The summed E-state index contributed by atoms with van der Waals surface area (Å²) in [5.41, 5.74) is 1.57. The van der Waals surface area contributed by atoms with Crippen LogP contribution in [0.15, 0.2) is 76.3 Å². The van der Waals surface area contributed by atoms with Gasteiger partial charge in [0.2, 0.25) is 11.1 Å². The highest BCUT2D eigenvalue weighted by molar-refractivity contribution is 5.79. The number of hydrogen-bond donors (Lipinski definition) is 2. The first-order valence-corrected chi connectivity index (χ1v) is 8.63. The predicted molar refractivity (Wildman–Crippen MR) is 104 cm³/mol. The second kappa shape index (κ2) is 7.47. The van der Waals surface area contributed by atoms with Crippen molar-refractivity contribution in [3.8, 4) is 5.75 Å². The molecule has 5 rings (SSSR count). The van der Waals surface area contributed by atoms with Crippen LogP contribution in [0.3, 0.4) is 0 Å². The number of pyridine rings is 2. The topological polar surface area (TPSA) is 87.5 Å². The van der Waals surface area contributed by atoms with Crippen LogP contribution in [0.4, 0.5) is 0 Å². The first-order valence-electron chi connectivity index (χ1n) is 8.63. The Morgan fingerprint density at radius 1 is 0.852 bits per heavy atom. The summed E-state index contributed by atoms with van der Waals surface area (Å²) in [7, 11) is 0. The van der Waals surface area contributed by atoms with Gasteiger partial charge in [-0.1, -0.05) is 18.2 Å². The number of ether oxygens (including phenoxy) is 2. The van der Waals surface area contributed by atoms with E-state index >= 15 is 0 Å². The lowest BCUT2D eigenvalue weighted by atomic mass is 10.2. The van der Waals surface area contributed by atoms with Crippen molar-refractivity contribution in [2.45, 2.75) is 6.10 Å². The van der Waals surface area contributed by atoms with Gasteiger partial charge in [-0.25, -0.2) is 0 Å². The molecule has 27 heavy (non-hydrogen) atoms. The highest BCUT2D eigenvalue weighted by Crippen LogP contribution is 2.19. The minimum atomic E-state index is -0.0902. The summed E-state index contributed by atoms with van der Waals surface area (Å²) < 4.78 is 10.6. The van der Waals surface area contributed by atoms with Crippen molar-refractivity contribution in [3.63, 3.8) is 0 Å². The number of hydrogen-bond acceptors (Lipinski definition) is 4. The summed E-state index contributed by atoms with van der Waals surface area (Å²) in [5.74, 6) is 0.801. The van der Waals surface area contributed by atoms with Crippen LogP contribution in [0.1, 0.15) is 0 Å². The van der Waals surface area contributed by atoms with E-state index < -0.39 is 0 Å². The summed E-state index contributed by atoms with van der Waals surface area (Å²) >= 11 is 0. The second-order valence-corrected chi connectivity index (χ2v) is 6.25. The van der Waals surface area contributed by atoms with Crippen LogP contribution in [0.5, 0.6) is 5.75 Å². The Hall–Kier alpha value is -3.38. The molecule has 2 aromatic carbocycles. The maximum absolute atomic E-state index is 11.1. The summed E-state index contributed by atoms with van der Waals surface area (Å²) in [6, 6.07) is 19.9. The SMILES string of the molecule is O=c1ccc2cc(OCC3CO3)ccc2[nH]1.O=c1ccc2ccccc2[nH]1. The molecule has 1 aliphatic rings. The summed E-state index contributed by atoms with van der Waals surface area (Å²) in [5, 5.41) is 2.03. The van der Waals surface area contributed by atoms with Crippen molar-refractivity contribution in [1.29, 1.82) is 0 Å². The number of benzene rings is 2. The van der Waals surface area contributed by atoms with Crippen molar-refractivity contribution < 1.29 is 9.47 Å². The second-order valence-electron chi connectivity index (χ2n) is 6.25. The third-order valence-electron chi connectivity index (χ3n) is 4.17. The lowest BCUT2D eigenvalue weighted by Crippen LogP contribution is -2.05. The Bertz CT molecular complexity index is 1190. The maximum Gasteiger partial charge on any atom is 0.248 e. The number of nitrogens with one attached hydrogen (secondary N) is 2. The Kier molecular flexibility index (Phi) is 4.72. The molecule has 0 amide bonds. The van der Waals surface area contributed by atoms with Gasteiger partial charge < -0.3 is 19.4 Å². The highest BCUT2D eigenvalue weighted by atomic mass is 16.6. The summed E-state index contributed by atoms with van der Waals surface area (Å²) in [6.07, 6.45) is 0.256. The molecule has 3 heterocycles. The molecular weight excluding hydrogens is 344 g/mol. The zero-order chi connectivity index (χ0) is 18.6. The Balaban J connectivity index is 0.000000143. The average molecular weight is 362 g/mol. The summed E-state index contributed by atoms with van der Waals surface area (Å²) in [6.45, 7) is 1.38. The van der Waals surface area contributed by atoms with E-state index in [0.29, 0.717) is 6.61 Å². The minimum Gasteiger partial charge on any atom is -0.491 e. The van der Waals surface area contributed by atoms with Crippen LogP contribution in [0, 0.1) is 0 Å². The van der Waals surface area contributed by atoms with Gasteiger partial charge in [0, 0.05) is 28.6 Å². The predicted octanol–water partition coefficient (Wildman–Crippen LogP) is 2.83. The van der Waals surface area contributed by atoms with Crippen LogP contribution >= 0.6 is 0 Å². The van der Waals surface area contributed by atoms with Gasteiger partial charge >= 0.3 is 0 Å². The third-order valence-corrected chi connectivity index (χ3v) is 4.17. The number of rotatable bonds is 3. The van der Waals surface area contributed by atoms with Gasteiger partial charge in [-0.15, -0.1) is 0 Å². The fourth-order valence-electron chi connectivity index (χ4n) is 2.67. The molecule has 0 spiro atoms. The first kappa shape index (κ1) is 17.1. The van der Waals surface area contributed by atoms with E-state index in [2.05, 4.69) is 9.97 Å². The van der Waals surface area contributed by atoms with Crippen molar-refractivity contribution in [3.05, 3.63) is 87.4 Å². The van der Waals surface area contributed by atoms with E-state index in [-0.39, 0.29) is 17.2 Å². The van der Waals surface area contributed by atoms with E-state index in [1.165, 1.54) is 12.1 Å². The van der Waals surface area contributed by atoms with E-state index in [9.17, 15) is 9.59 Å². The molecule has 0 saturated carbocycles. The normalized spacial score (nSPS) is 15.2. The molecule has 1 atom stereocenters. The molecule has 136 valence electrons. The average Bonchev–Trinajstić information content (AvgIpc) is 3.51. The third kappa shape index (κ3) is 4.43. The van der Waals surface area contributed by atoms with Crippen LogP contribution in [-0.2, 0) is 4.74 Å². The monoisotopic (exact) mass is 362 g/mol. The first-order chi connectivity index (χ1) is 13.2. The molecule has 0 aliphatic carbocycles. The fourth-order valence-corrected chi connectivity index (χ4v) is 2.67. The molecule has 0 bridgehead atoms. The molecule has 4 aromatic rings. The molecule has 1 aliphatic heterocycles. The largest absolute Gasteiger partial charge is 0.491 e. The standard InChI is InChI=1S/C12H11NO3.C9H7NO/c14-12-4-1-8-5-9(2-3-11(8)13-12)15-6-10-7-16-10;11-9-6-5-7-3-1-2-4-8(7)10-9/h1-5,10H,6-7H2,(H,13,14);1-6H,(H,10,11). The van der Waals surface area contributed by atoms with Crippen molar-refractivity contribution >= 4 is 21.8 Å². The van der Waals surface area contributed by atoms with Crippen molar-refractivity contribution in [1.82, 2.24) is 9.97 Å². The molecule has 0 radical (unpaired) electrons. The van der Waals surface area contributed by atoms with Gasteiger partial charge in [0.1, 0.15) is 18.5 Å². The number of aromatic nitrogens is 2. The van der Waals surface area contributed by atoms with Gasteiger partial charge in [-0.3, -0.25) is 9.59 Å². The number of fused-ring (bicyclic) bond motifs is 2. The van der Waals surface area contributed by atoms with Crippen LogP contribution in [0.2, 0.25) is 0 Å². The molecule has 1 unspecified atom stereocenters. The van der Waals surface area contributed by atoms with Gasteiger partial charge in [0.15, 0.2) is 0 Å². The van der Waals surface area contributed by atoms with E-state index in [4.69, 9.17) is 9.47 Å². The molecule has 1 saturated heterocycles.